The van der Waals surface area contributed by atoms with Crippen molar-refractivity contribution < 1.29 is 14.3 Å². The van der Waals surface area contributed by atoms with Crippen LogP contribution in [0, 0.1) is 0 Å². The van der Waals surface area contributed by atoms with Gasteiger partial charge in [0.1, 0.15) is 4.88 Å². The number of hydrogen-bond acceptors (Lipinski definition) is 5. The second-order valence-electron chi connectivity index (χ2n) is 5.19. The van der Waals surface area contributed by atoms with Gasteiger partial charge in [-0.3, -0.25) is 9.48 Å². The summed E-state index contributed by atoms with van der Waals surface area (Å²) >= 11 is 1.34. The number of methoxy groups -OCH3 is 1. The van der Waals surface area contributed by atoms with Crippen molar-refractivity contribution in [3.05, 3.63) is 39.8 Å². The van der Waals surface area contributed by atoms with Crippen molar-refractivity contribution in [3.63, 3.8) is 0 Å². The lowest BCUT2D eigenvalue weighted by Gasteiger charge is -2.13. The van der Waals surface area contributed by atoms with Crippen LogP contribution in [-0.2, 0) is 11.3 Å². The van der Waals surface area contributed by atoms with Crippen LogP contribution in [0.5, 0.6) is 0 Å². The first-order valence-corrected chi connectivity index (χ1v) is 8.03. The summed E-state index contributed by atoms with van der Waals surface area (Å²) in [6, 6.07) is 1.88. The third-order valence-electron chi connectivity index (χ3n) is 3.72. The Morgan fingerprint density at radius 1 is 1.36 bits per heavy atom. The number of aromatic nitrogens is 2. The van der Waals surface area contributed by atoms with Crippen molar-refractivity contribution in [1.29, 1.82) is 0 Å². The molecule has 0 unspecified atom stereocenters. The summed E-state index contributed by atoms with van der Waals surface area (Å²) < 4.78 is 6.44. The zero-order valence-electron chi connectivity index (χ0n) is 12.3. The molecule has 0 bridgehead atoms. The van der Waals surface area contributed by atoms with Gasteiger partial charge in [-0.2, -0.15) is 5.10 Å². The van der Waals surface area contributed by atoms with Crippen LogP contribution in [0.2, 0.25) is 0 Å². The zero-order valence-corrected chi connectivity index (χ0v) is 13.1. The van der Waals surface area contributed by atoms with Gasteiger partial charge in [0.2, 0.25) is 0 Å². The molecule has 1 aliphatic heterocycles. The zero-order chi connectivity index (χ0) is 15.5. The molecule has 3 heterocycles. The minimum absolute atomic E-state index is 0.0299. The number of nitrogens with zero attached hydrogens (tertiary/aromatic N) is 3. The smallest absolute Gasteiger partial charge is 0.348 e. The van der Waals surface area contributed by atoms with Gasteiger partial charge >= 0.3 is 5.97 Å². The molecule has 1 saturated heterocycles. The molecule has 0 radical (unpaired) electrons. The Labute approximate surface area is 132 Å². The number of carbonyl (C=O) groups is 2. The van der Waals surface area contributed by atoms with Crippen LogP contribution in [0.1, 0.15) is 38.4 Å². The van der Waals surface area contributed by atoms with Gasteiger partial charge in [0.25, 0.3) is 5.91 Å². The Morgan fingerprint density at radius 2 is 2.14 bits per heavy atom. The molecule has 0 spiro atoms. The first-order chi connectivity index (χ1) is 10.7. The predicted octanol–water partition coefficient (Wildman–Crippen LogP) is 2.02. The molecule has 22 heavy (non-hydrogen) atoms. The largest absolute Gasteiger partial charge is 0.465 e. The molecule has 3 rings (SSSR count). The molecule has 1 amide bonds. The molecule has 0 aromatic carbocycles. The summed E-state index contributed by atoms with van der Waals surface area (Å²) in [6.07, 6.45) is 5.46. The van der Waals surface area contributed by atoms with E-state index < -0.39 is 0 Å². The van der Waals surface area contributed by atoms with Crippen molar-refractivity contribution in [2.45, 2.75) is 19.4 Å². The van der Waals surface area contributed by atoms with Crippen molar-refractivity contribution in [2.75, 3.05) is 20.2 Å². The Hall–Kier alpha value is -2.15. The van der Waals surface area contributed by atoms with E-state index in [0.717, 1.165) is 31.5 Å². The van der Waals surface area contributed by atoms with Gasteiger partial charge < -0.3 is 9.64 Å². The van der Waals surface area contributed by atoms with Crippen LogP contribution in [0.3, 0.4) is 0 Å². The summed E-state index contributed by atoms with van der Waals surface area (Å²) in [5, 5.41) is 6.08. The molecule has 1 fully saturated rings. The third kappa shape index (κ3) is 2.89. The summed E-state index contributed by atoms with van der Waals surface area (Å²) in [5.74, 6) is -0.312. The minimum Gasteiger partial charge on any atom is -0.465 e. The molecule has 0 atom stereocenters. The molecular formula is C15H17N3O3S. The van der Waals surface area contributed by atoms with E-state index in [2.05, 4.69) is 5.10 Å². The number of likely N-dealkylation sites (tertiary alicyclic amines) is 1. The number of thiophene rings is 1. The first-order valence-electron chi connectivity index (χ1n) is 7.15. The number of amides is 1. The van der Waals surface area contributed by atoms with Crippen molar-refractivity contribution in [1.82, 2.24) is 14.7 Å². The number of carbonyl (C=O) groups excluding carboxylic acids is 2. The van der Waals surface area contributed by atoms with Crippen LogP contribution in [0.4, 0.5) is 0 Å². The van der Waals surface area contributed by atoms with E-state index in [4.69, 9.17) is 4.74 Å². The van der Waals surface area contributed by atoms with Crippen LogP contribution in [0.15, 0.2) is 23.8 Å². The van der Waals surface area contributed by atoms with E-state index in [-0.39, 0.29) is 11.9 Å². The fraction of sp³-hybridized carbons (Fsp3) is 0.400. The molecule has 0 aliphatic carbocycles. The fourth-order valence-corrected chi connectivity index (χ4v) is 3.40. The van der Waals surface area contributed by atoms with E-state index in [1.807, 2.05) is 16.3 Å². The van der Waals surface area contributed by atoms with Gasteiger partial charge in [0, 0.05) is 19.3 Å². The summed E-state index contributed by atoms with van der Waals surface area (Å²) in [6.45, 7) is 2.09. The average Bonchev–Trinajstić information content (AvgIpc) is 3.27. The average molecular weight is 319 g/mol. The van der Waals surface area contributed by atoms with Gasteiger partial charge in [-0.25, -0.2) is 4.79 Å². The highest BCUT2D eigenvalue weighted by atomic mass is 32.1. The quantitative estimate of drug-likeness (QED) is 0.809. The van der Waals surface area contributed by atoms with Gasteiger partial charge in [-0.15, -0.1) is 11.3 Å². The Balaban J connectivity index is 1.73. The van der Waals surface area contributed by atoms with E-state index in [0.29, 0.717) is 17.0 Å². The Bertz CT molecular complexity index is 686. The molecule has 0 saturated carbocycles. The predicted molar refractivity (Wildman–Crippen MR) is 82.1 cm³/mol. The first kappa shape index (κ1) is 14.8. The van der Waals surface area contributed by atoms with Gasteiger partial charge in [0.05, 0.1) is 25.4 Å². The monoisotopic (exact) mass is 319 g/mol. The minimum atomic E-state index is -0.342. The van der Waals surface area contributed by atoms with Crippen LogP contribution in [0.25, 0.3) is 0 Å². The highest BCUT2D eigenvalue weighted by molar-refractivity contribution is 7.12. The van der Waals surface area contributed by atoms with Gasteiger partial charge in [0.15, 0.2) is 0 Å². The van der Waals surface area contributed by atoms with E-state index in [9.17, 15) is 9.59 Å². The lowest BCUT2D eigenvalue weighted by atomic mass is 10.2. The van der Waals surface area contributed by atoms with Crippen LogP contribution in [-0.4, -0.2) is 46.8 Å². The number of esters is 1. The van der Waals surface area contributed by atoms with Crippen LogP contribution >= 0.6 is 11.3 Å². The highest BCUT2D eigenvalue weighted by Crippen LogP contribution is 2.19. The van der Waals surface area contributed by atoms with E-state index in [1.54, 1.807) is 17.1 Å². The maximum Gasteiger partial charge on any atom is 0.348 e. The van der Waals surface area contributed by atoms with Crippen molar-refractivity contribution >= 4 is 23.2 Å². The second-order valence-corrected chi connectivity index (χ2v) is 6.11. The molecule has 116 valence electrons. The van der Waals surface area contributed by atoms with Gasteiger partial charge in [-0.1, -0.05) is 0 Å². The Kier molecular flexibility index (Phi) is 4.24. The number of hydrogen-bond donors (Lipinski definition) is 0. The highest BCUT2D eigenvalue weighted by Gasteiger charge is 2.21. The molecule has 2 aromatic heterocycles. The fourth-order valence-electron chi connectivity index (χ4n) is 2.57. The molecular weight excluding hydrogens is 302 g/mol. The van der Waals surface area contributed by atoms with Gasteiger partial charge in [-0.05, 0) is 29.9 Å². The standard InChI is InChI=1S/C15H17N3O3S/c1-21-15(20)13-11(4-7-22-13)9-18-10-12(8-16-18)14(19)17-5-2-3-6-17/h4,7-8,10H,2-3,5-6,9H2,1H3. The summed E-state index contributed by atoms with van der Waals surface area (Å²) in [7, 11) is 1.37. The Morgan fingerprint density at radius 3 is 2.86 bits per heavy atom. The maximum absolute atomic E-state index is 12.3. The third-order valence-corrected chi connectivity index (χ3v) is 4.66. The second kappa shape index (κ2) is 6.31. The normalized spacial score (nSPS) is 14.3. The van der Waals surface area contributed by atoms with E-state index >= 15 is 0 Å². The SMILES string of the molecule is COC(=O)c1sccc1Cn1cc(C(=O)N2CCCC2)cn1. The molecule has 2 aromatic rings. The van der Waals surface area contributed by atoms with E-state index in [1.165, 1.54) is 18.4 Å². The maximum atomic E-state index is 12.3. The molecule has 6 nitrogen and oxygen atoms in total. The molecule has 7 heteroatoms. The molecule has 1 aliphatic rings. The lowest BCUT2D eigenvalue weighted by molar-refractivity contribution is 0.0604. The summed E-state index contributed by atoms with van der Waals surface area (Å²) in [4.78, 5) is 26.4. The van der Waals surface area contributed by atoms with Crippen molar-refractivity contribution in [3.8, 4) is 0 Å². The van der Waals surface area contributed by atoms with Crippen molar-refractivity contribution in [2.24, 2.45) is 0 Å². The topological polar surface area (TPSA) is 64.4 Å². The number of rotatable bonds is 4. The number of ether oxygens (including phenoxy) is 1. The van der Waals surface area contributed by atoms with Crippen LogP contribution < -0.4 is 0 Å². The lowest BCUT2D eigenvalue weighted by Crippen LogP contribution is -2.27. The molecule has 0 N–H and O–H groups in total. The summed E-state index contributed by atoms with van der Waals surface area (Å²) in [5.41, 5.74) is 1.44.